The highest BCUT2D eigenvalue weighted by Gasteiger charge is 2.20. The van der Waals surface area contributed by atoms with E-state index in [1.807, 2.05) is 78.9 Å². The molecule has 13 aromatic rings. The number of anilines is 2. The van der Waals surface area contributed by atoms with Crippen LogP contribution in [0.25, 0.3) is 68.1 Å². The zero-order valence-electron chi connectivity index (χ0n) is 62.1. The van der Waals surface area contributed by atoms with Crippen LogP contribution in [0.15, 0.2) is 318 Å². The fourth-order valence-electron chi connectivity index (χ4n) is 10.8. The van der Waals surface area contributed by atoms with Gasteiger partial charge in [-0.25, -0.2) is 24.0 Å². The molecule has 24 nitrogen and oxygen atoms in total. The highest BCUT2D eigenvalue weighted by atomic mass is 79.9. The van der Waals surface area contributed by atoms with Gasteiger partial charge in [-0.1, -0.05) is 259 Å². The molecular formula is C90H65Br6N5O19. The van der Waals surface area contributed by atoms with Gasteiger partial charge in [-0.2, -0.15) is 0 Å². The first-order valence-electron chi connectivity index (χ1n) is 34.7. The van der Waals surface area contributed by atoms with Crippen molar-refractivity contribution in [2.45, 2.75) is 6.42 Å². The number of nitro groups is 3. The van der Waals surface area contributed by atoms with Gasteiger partial charge in [0.2, 0.25) is 0 Å². The summed E-state index contributed by atoms with van der Waals surface area (Å²) < 4.78 is 5.36. The van der Waals surface area contributed by atoms with E-state index < -0.39 is 50.6 Å². The lowest BCUT2D eigenvalue weighted by molar-refractivity contribution is -0.385. The molecule has 0 bridgehead atoms. The summed E-state index contributed by atoms with van der Waals surface area (Å²) in [7, 11) is 0. The molecule has 120 heavy (non-hydrogen) atoms. The Morgan fingerprint density at radius 2 is 0.600 bits per heavy atom. The predicted molar refractivity (Wildman–Crippen MR) is 487 cm³/mol. The van der Waals surface area contributed by atoms with E-state index in [2.05, 4.69) is 95.6 Å². The summed E-state index contributed by atoms with van der Waals surface area (Å²) in [5.74, 6) is -5.94. The number of benzene rings is 13. The van der Waals surface area contributed by atoms with Crippen molar-refractivity contribution in [3.63, 3.8) is 0 Å². The molecule has 0 unspecified atom stereocenters. The number of nitrogen functional groups attached to an aromatic ring is 2. The van der Waals surface area contributed by atoms with Crippen LogP contribution >= 0.6 is 95.6 Å². The minimum Gasteiger partial charge on any atom is -0.481 e. The molecule has 0 spiro atoms. The van der Waals surface area contributed by atoms with Crippen LogP contribution in [0.4, 0.5) is 28.4 Å². The van der Waals surface area contributed by atoms with Gasteiger partial charge in [-0.15, -0.1) is 0 Å². The van der Waals surface area contributed by atoms with Crippen LogP contribution < -0.4 is 11.5 Å². The number of halogens is 6. The Morgan fingerprint density at radius 1 is 0.317 bits per heavy atom. The topological polar surface area (TPSA) is 422 Å². The lowest BCUT2D eigenvalue weighted by Gasteiger charge is -2.08. The van der Waals surface area contributed by atoms with Crippen molar-refractivity contribution in [1.29, 1.82) is 0 Å². The summed E-state index contributed by atoms with van der Waals surface area (Å²) in [6.45, 7) is 0. The molecule has 0 aliphatic carbocycles. The zero-order valence-corrected chi connectivity index (χ0v) is 71.6. The second-order valence-corrected chi connectivity index (χ2v) is 30.1. The lowest BCUT2D eigenvalue weighted by Crippen LogP contribution is -2.00. The van der Waals surface area contributed by atoms with E-state index in [4.69, 9.17) is 16.6 Å². The number of carbonyl (C=O) groups excluding carboxylic acids is 1. The monoisotopic (exact) mass is 1990 g/mol. The van der Waals surface area contributed by atoms with Gasteiger partial charge < -0.3 is 42.1 Å². The number of nitrogens with zero attached hydrogens (tertiary/aromatic N) is 3. The number of aliphatic carboxylic acids is 5. The van der Waals surface area contributed by atoms with E-state index in [0.717, 1.165) is 53.9 Å². The second kappa shape index (κ2) is 46.5. The minimum absolute atomic E-state index is 0.00296. The van der Waals surface area contributed by atoms with Crippen LogP contribution in [0.3, 0.4) is 0 Å². The maximum absolute atomic E-state index is 11.4. The van der Waals surface area contributed by atoms with E-state index in [1.54, 1.807) is 170 Å². The van der Waals surface area contributed by atoms with E-state index in [9.17, 15) is 89.4 Å². The molecule has 0 aromatic heterocycles. The molecule has 30 heteroatoms. The number of para-hydroxylation sites is 5. The molecule has 0 radical (unpaired) electrons. The van der Waals surface area contributed by atoms with E-state index in [0.29, 0.717) is 56.6 Å². The maximum Gasteiger partial charge on any atom is 0.336 e. The van der Waals surface area contributed by atoms with Gasteiger partial charge in [0.25, 0.3) is 17.1 Å². The van der Waals surface area contributed by atoms with Gasteiger partial charge in [-0.05, 0) is 194 Å². The van der Waals surface area contributed by atoms with Crippen LogP contribution in [0, 0.1) is 30.3 Å². The molecule has 0 amide bonds. The summed E-state index contributed by atoms with van der Waals surface area (Å²) in [5, 5.41) is 91.0. The van der Waals surface area contributed by atoms with Gasteiger partial charge in [0.1, 0.15) is 0 Å². The van der Waals surface area contributed by atoms with Crippen LogP contribution in [0.2, 0.25) is 0 Å². The number of hydrogen-bond donors (Lipinski definition) is 8. The first-order valence-corrected chi connectivity index (χ1v) is 39.5. The van der Waals surface area contributed by atoms with Crippen molar-refractivity contribution in [3.8, 4) is 0 Å². The summed E-state index contributed by atoms with van der Waals surface area (Å²) in [4.78, 5) is 108. The molecule has 0 aliphatic rings. The van der Waals surface area contributed by atoms with Crippen molar-refractivity contribution in [1.82, 2.24) is 0 Å². The van der Waals surface area contributed by atoms with Crippen molar-refractivity contribution in [3.05, 3.63) is 410 Å². The molecule has 0 saturated heterocycles. The third-order valence-electron chi connectivity index (χ3n) is 16.6. The Kier molecular flexibility index (Phi) is 36.3. The lowest BCUT2D eigenvalue weighted by atomic mass is 9.97. The summed E-state index contributed by atoms with van der Waals surface area (Å²) >= 11 is 19.9. The summed E-state index contributed by atoms with van der Waals surface area (Å²) in [6, 6.07) is 82.3. The van der Waals surface area contributed by atoms with Gasteiger partial charge in [0.05, 0.1) is 65.7 Å². The zero-order chi connectivity index (χ0) is 87.7. The van der Waals surface area contributed by atoms with Crippen LogP contribution in [-0.2, 0) is 30.4 Å². The molecule has 606 valence electrons. The molecule has 0 saturated carbocycles. The average molecular weight is 2000 g/mol. The van der Waals surface area contributed by atoms with Gasteiger partial charge in [-0.3, -0.25) is 39.9 Å². The molecule has 0 heterocycles. The predicted octanol–water partition coefficient (Wildman–Crippen LogP) is 23.2. The third-order valence-corrected chi connectivity index (χ3v) is 19.7. The number of aromatic carboxylic acids is 1. The van der Waals surface area contributed by atoms with Crippen LogP contribution in [0.1, 0.15) is 70.8 Å². The van der Waals surface area contributed by atoms with Crippen molar-refractivity contribution in [2.24, 2.45) is 0 Å². The Balaban J connectivity index is 0.000000195. The number of aldehydes is 1. The molecule has 0 atom stereocenters. The van der Waals surface area contributed by atoms with Gasteiger partial charge in [0, 0.05) is 56.4 Å². The number of carboxylic acids is 6. The normalized spacial score (nSPS) is 10.8. The molecule has 0 aliphatic heterocycles. The van der Waals surface area contributed by atoms with E-state index in [1.165, 1.54) is 66.7 Å². The smallest absolute Gasteiger partial charge is 0.336 e. The van der Waals surface area contributed by atoms with Gasteiger partial charge >= 0.3 is 35.8 Å². The quantitative estimate of drug-likeness (QED) is 0.00709. The molecule has 0 fully saturated rings. The Bertz CT molecular complexity index is 5830. The Labute approximate surface area is 734 Å². The largest absolute Gasteiger partial charge is 0.481 e. The van der Waals surface area contributed by atoms with Crippen molar-refractivity contribution >= 4 is 234 Å². The number of carbonyl (C=O) groups is 7. The molecular weight excluding hydrogens is 1930 g/mol. The first kappa shape index (κ1) is 93.7. The molecule has 10 N–H and O–H groups in total. The summed E-state index contributed by atoms with van der Waals surface area (Å²) in [6.07, 6.45) is 6.35. The summed E-state index contributed by atoms with van der Waals surface area (Å²) in [5.41, 5.74) is 18.2. The molecule has 13 rings (SSSR count). The number of nitrogens with two attached hydrogens (primary N) is 2. The average Bonchev–Trinajstić information content (AvgIpc) is 0.765. The Morgan fingerprint density at radius 3 is 0.908 bits per heavy atom. The number of hydrogen-bond acceptors (Lipinski definition) is 15. The van der Waals surface area contributed by atoms with E-state index in [-0.39, 0.29) is 62.5 Å². The number of fused-ring (bicyclic) bond motifs is 3. The first-order chi connectivity index (χ1) is 57.2. The maximum atomic E-state index is 11.4. The van der Waals surface area contributed by atoms with Gasteiger partial charge in [0.15, 0.2) is 6.29 Å². The number of rotatable bonds is 19. The number of nitro benzene ring substituents is 3. The minimum atomic E-state index is -1.14. The van der Waals surface area contributed by atoms with Crippen molar-refractivity contribution in [2.75, 3.05) is 11.5 Å². The third kappa shape index (κ3) is 28.7. The Hall–Kier alpha value is -13.5. The molecule has 13 aromatic carbocycles. The van der Waals surface area contributed by atoms with E-state index >= 15 is 0 Å². The van der Waals surface area contributed by atoms with Crippen molar-refractivity contribution < 1.29 is 79.0 Å². The fourth-order valence-corrected chi connectivity index (χ4v) is 12.5. The SMILES string of the molecule is Nc1ccccc1/C=C(/C(=O)O)c1ccc(Br)cc1.Nc1ccccc1/C=C(/C(=O)O)c1ccc(Br)cc1.O=C(O)/C(=C/c1ccccc1[N+](=O)[O-])c1ccc(Br)cc1.O=C(O)/C(=C/c1ccccc1[N+](=O)[O-])c1ccc(Br)cc1.O=C(O)Cc1ccc(Br)cc1.O=C(O)c1cc2ccccc2c2cc(Br)ccc12.O=Cc1ccccc1[N+](=O)[O-]. The van der Waals surface area contributed by atoms with Crippen LogP contribution in [-0.4, -0.2) is 87.5 Å². The standard InChI is InChI=1S/2C15H10BrNO4.2C15H12BrNO2.C15H9BrO2.C8H7BrO2.C7H5NO3/c2*16-12-7-5-10(6-8-12)13(15(18)19)9-11-3-1-2-4-14(11)17(20)21;2*16-12-7-5-10(6-8-12)13(15(18)19)9-11-3-1-2-4-14(11)17;16-10-5-6-12-13(8-10)11-4-2-1-3-9(11)7-14(12)15(17)18;9-7-3-1-6(2-4-7)5-8(10)11;9-5-6-3-1-2-4-7(6)8(10)11/h2*1-9H,(H,18,19);2*1-9H,17H2,(H,18,19);1-8H,(H,17,18);1-4H,5H2,(H,10,11);1-5H/b4*13-9+;;;. The van der Waals surface area contributed by atoms with Crippen LogP contribution in [0.5, 0.6) is 0 Å². The second-order valence-electron chi connectivity index (χ2n) is 24.6. The number of carboxylic acid groups (broad SMARTS) is 6. The fraction of sp³-hybridized carbons (Fsp3) is 0.0111. The highest BCUT2D eigenvalue weighted by Crippen LogP contribution is 2.34. The highest BCUT2D eigenvalue weighted by molar-refractivity contribution is 9.11.